The summed E-state index contributed by atoms with van der Waals surface area (Å²) in [6.07, 6.45) is 2.75. The van der Waals surface area contributed by atoms with Crippen LogP contribution in [0.3, 0.4) is 0 Å². The molecule has 1 N–H and O–H groups in total. The molecule has 0 atom stereocenters. The Kier molecular flexibility index (Phi) is 4.59. The number of nitrogens with one attached hydrogen (secondary N) is 1. The lowest BCUT2D eigenvalue weighted by atomic mass is 10.2. The second kappa shape index (κ2) is 6.99. The third kappa shape index (κ3) is 3.74. The Morgan fingerprint density at radius 3 is 2.76 bits per heavy atom. The molecule has 0 saturated heterocycles. The molecule has 0 bridgehead atoms. The van der Waals surface area contributed by atoms with Crippen molar-refractivity contribution in [2.75, 3.05) is 6.54 Å². The van der Waals surface area contributed by atoms with Crippen LogP contribution in [0.5, 0.6) is 0 Å². The second-order valence-corrected chi connectivity index (χ2v) is 4.97. The maximum atomic E-state index is 13.5. The lowest BCUT2D eigenvalue weighted by Gasteiger charge is -2.08. The van der Waals surface area contributed by atoms with Gasteiger partial charge in [-0.3, -0.25) is 9.59 Å². The number of hydrogen-bond donors (Lipinski definition) is 1. The van der Waals surface area contributed by atoms with E-state index in [1.807, 2.05) is 0 Å². The number of carbonyl (C=O) groups excluding carboxylic acids is 1. The molecule has 0 aliphatic rings. The van der Waals surface area contributed by atoms with Crippen LogP contribution in [0.1, 0.15) is 10.4 Å². The first kappa shape index (κ1) is 16.4. The minimum atomic E-state index is -0.957. The average molecular weight is 346 g/mol. The number of aromatic nitrogens is 5. The van der Waals surface area contributed by atoms with Gasteiger partial charge in [-0.1, -0.05) is 0 Å². The zero-order chi connectivity index (χ0) is 17.8. The number of amides is 1. The van der Waals surface area contributed by atoms with Gasteiger partial charge in [0.1, 0.15) is 24.3 Å². The van der Waals surface area contributed by atoms with Gasteiger partial charge >= 0.3 is 0 Å². The van der Waals surface area contributed by atoms with E-state index in [0.717, 1.165) is 16.8 Å². The minimum absolute atomic E-state index is 0.0311. The third-order valence-electron chi connectivity index (χ3n) is 3.29. The minimum Gasteiger partial charge on any atom is -0.350 e. The van der Waals surface area contributed by atoms with Gasteiger partial charge in [0.15, 0.2) is 5.82 Å². The summed E-state index contributed by atoms with van der Waals surface area (Å²) in [5, 5.41) is 10.5. The fraction of sp³-hybridized carbons (Fsp3) is 0.133. The predicted molar refractivity (Wildman–Crippen MR) is 82.1 cm³/mol. The van der Waals surface area contributed by atoms with Gasteiger partial charge in [-0.2, -0.15) is 5.10 Å². The van der Waals surface area contributed by atoms with E-state index in [9.17, 15) is 18.4 Å². The number of hydrogen-bond acceptors (Lipinski definition) is 5. The fourth-order valence-electron chi connectivity index (χ4n) is 2.09. The highest BCUT2D eigenvalue weighted by Gasteiger charge is 2.12. The van der Waals surface area contributed by atoms with Crippen LogP contribution in [0.2, 0.25) is 0 Å². The van der Waals surface area contributed by atoms with Crippen LogP contribution in [0.15, 0.2) is 47.8 Å². The Hall–Kier alpha value is -3.43. The highest BCUT2D eigenvalue weighted by Crippen LogP contribution is 2.09. The molecule has 1 aromatic carbocycles. The van der Waals surface area contributed by atoms with Crippen molar-refractivity contribution >= 4 is 5.91 Å². The van der Waals surface area contributed by atoms with Crippen LogP contribution in [-0.2, 0) is 6.54 Å². The van der Waals surface area contributed by atoms with Crippen LogP contribution in [-0.4, -0.2) is 37.0 Å². The van der Waals surface area contributed by atoms with E-state index in [2.05, 4.69) is 20.5 Å². The zero-order valence-electron chi connectivity index (χ0n) is 12.8. The van der Waals surface area contributed by atoms with Crippen LogP contribution in [0.4, 0.5) is 8.78 Å². The van der Waals surface area contributed by atoms with Gasteiger partial charge in [-0.25, -0.2) is 23.1 Å². The van der Waals surface area contributed by atoms with E-state index < -0.39 is 17.5 Å². The Morgan fingerprint density at radius 1 is 1.20 bits per heavy atom. The standard InChI is InChI=1S/C15H12F2N6O2/c16-10-1-2-11(12(17)7-10)15(25)19-5-6-22-14(24)4-3-13(21-22)23-9-18-8-20-23/h1-4,7-9H,5-6H2,(H,19,25). The van der Waals surface area contributed by atoms with Gasteiger partial charge in [0.05, 0.1) is 12.1 Å². The van der Waals surface area contributed by atoms with E-state index in [-0.39, 0.29) is 24.2 Å². The van der Waals surface area contributed by atoms with Crippen LogP contribution in [0, 0.1) is 11.6 Å². The first-order valence-electron chi connectivity index (χ1n) is 7.21. The van der Waals surface area contributed by atoms with Crippen molar-refractivity contribution in [1.29, 1.82) is 0 Å². The number of nitrogens with zero attached hydrogens (tertiary/aromatic N) is 5. The number of carbonyl (C=O) groups is 1. The molecule has 25 heavy (non-hydrogen) atoms. The Bertz CT molecular complexity index is 955. The lowest BCUT2D eigenvalue weighted by Crippen LogP contribution is -2.32. The summed E-state index contributed by atoms with van der Waals surface area (Å²) in [7, 11) is 0. The molecule has 1 amide bonds. The van der Waals surface area contributed by atoms with Crippen LogP contribution < -0.4 is 10.9 Å². The fourth-order valence-corrected chi connectivity index (χ4v) is 2.09. The second-order valence-electron chi connectivity index (χ2n) is 4.97. The molecule has 0 fully saturated rings. The number of benzene rings is 1. The molecule has 8 nitrogen and oxygen atoms in total. The largest absolute Gasteiger partial charge is 0.350 e. The van der Waals surface area contributed by atoms with Crippen LogP contribution >= 0.6 is 0 Å². The third-order valence-corrected chi connectivity index (χ3v) is 3.29. The Balaban J connectivity index is 1.67. The van der Waals surface area contributed by atoms with Crippen molar-refractivity contribution in [3.63, 3.8) is 0 Å². The van der Waals surface area contributed by atoms with Gasteiger partial charge in [-0.05, 0) is 18.2 Å². The van der Waals surface area contributed by atoms with Gasteiger partial charge in [-0.15, -0.1) is 5.10 Å². The highest BCUT2D eigenvalue weighted by molar-refractivity contribution is 5.94. The molecular formula is C15H12F2N6O2. The Morgan fingerprint density at radius 2 is 2.04 bits per heavy atom. The summed E-state index contributed by atoms with van der Waals surface area (Å²) in [6.45, 7) is 0.0965. The van der Waals surface area contributed by atoms with Gasteiger partial charge in [0.25, 0.3) is 11.5 Å². The monoisotopic (exact) mass is 346 g/mol. The molecule has 0 radical (unpaired) electrons. The van der Waals surface area contributed by atoms with Crippen LogP contribution in [0.25, 0.3) is 5.82 Å². The SMILES string of the molecule is O=C(NCCn1nc(-n2cncn2)ccc1=O)c1ccc(F)cc1F. The highest BCUT2D eigenvalue weighted by atomic mass is 19.1. The van der Waals surface area contributed by atoms with Gasteiger partial charge < -0.3 is 5.32 Å². The number of halogens is 2. The van der Waals surface area contributed by atoms with Gasteiger partial charge in [0.2, 0.25) is 0 Å². The molecular weight excluding hydrogens is 334 g/mol. The van der Waals surface area contributed by atoms with Crippen molar-refractivity contribution in [1.82, 2.24) is 29.9 Å². The van der Waals surface area contributed by atoms with Crippen molar-refractivity contribution in [3.8, 4) is 5.82 Å². The first-order chi connectivity index (χ1) is 12.0. The summed E-state index contributed by atoms with van der Waals surface area (Å²) in [4.78, 5) is 27.5. The summed E-state index contributed by atoms with van der Waals surface area (Å²) in [6, 6.07) is 5.47. The van der Waals surface area contributed by atoms with Crippen molar-refractivity contribution < 1.29 is 13.6 Å². The Labute approximate surface area is 139 Å². The predicted octanol–water partition coefficient (Wildman–Crippen LogP) is 0.532. The normalized spacial score (nSPS) is 10.6. The molecule has 128 valence electrons. The molecule has 10 heteroatoms. The number of rotatable bonds is 5. The molecule has 0 aliphatic carbocycles. The molecule has 0 unspecified atom stereocenters. The molecule has 0 spiro atoms. The molecule has 3 aromatic rings. The van der Waals surface area contributed by atoms with Gasteiger partial charge in [0, 0.05) is 18.7 Å². The lowest BCUT2D eigenvalue weighted by molar-refractivity contribution is 0.0947. The summed E-state index contributed by atoms with van der Waals surface area (Å²) in [5.74, 6) is -2.05. The smallest absolute Gasteiger partial charge is 0.266 e. The van der Waals surface area contributed by atoms with E-state index in [0.29, 0.717) is 11.9 Å². The molecule has 2 heterocycles. The van der Waals surface area contributed by atoms with E-state index in [1.165, 1.54) is 29.5 Å². The van der Waals surface area contributed by atoms with E-state index >= 15 is 0 Å². The van der Waals surface area contributed by atoms with E-state index in [4.69, 9.17) is 0 Å². The van der Waals surface area contributed by atoms with Crippen molar-refractivity contribution in [2.24, 2.45) is 0 Å². The summed E-state index contributed by atoms with van der Waals surface area (Å²) >= 11 is 0. The first-order valence-corrected chi connectivity index (χ1v) is 7.21. The maximum Gasteiger partial charge on any atom is 0.266 e. The molecule has 2 aromatic heterocycles. The molecule has 0 saturated carbocycles. The average Bonchev–Trinajstić information content (AvgIpc) is 3.11. The van der Waals surface area contributed by atoms with E-state index in [1.54, 1.807) is 0 Å². The van der Waals surface area contributed by atoms with Crippen molar-refractivity contribution in [2.45, 2.75) is 6.54 Å². The summed E-state index contributed by atoms with van der Waals surface area (Å²) < 4.78 is 28.9. The topological polar surface area (TPSA) is 94.7 Å². The zero-order valence-corrected chi connectivity index (χ0v) is 12.8. The molecule has 3 rings (SSSR count). The quantitative estimate of drug-likeness (QED) is 0.727. The summed E-state index contributed by atoms with van der Waals surface area (Å²) in [5.41, 5.74) is -0.649. The van der Waals surface area contributed by atoms with Crippen molar-refractivity contribution in [3.05, 3.63) is 70.5 Å². The maximum absolute atomic E-state index is 13.5. The molecule has 0 aliphatic heterocycles.